The van der Waals surface area contributed by atoms with Gasteiger partial charge in [0.05, 0.1) is 19.5 Å². The van der Waals surface area contributed by atoms with E-state index in [2.05, 4.69) is 79.7 Å². The number of hydrogen-bond donors (Lipinski definition) is 0. The van der Waals surface area contributed by atoms with E-state index in [4.69, 9.17) is 14.2 Å². The molecule has 1 aliphatic carbocycles. The van der Waals surface area contributed by atoms with Crippen LogP contribution in [0.15, 0.2) is 84.1 Å². The molecule has 3 heteroatoms. The molecule has 1 aliphatic rings. The van der Waals surface area contributed by atoms with Gasteiger partial charge in [0.25, 0.3) is 0 Å². The van der Waals surface area contributed by atoms with Gasteiger partial charge >= 0.3 is 0 Å². The molecule has 0 saturated heterocycles. The van der Waals surface area contributed by atoms with Crippen molar-refractivity contribution in [3.05, 3.63) is 101 Å². The third-order valence-corrected chi connectivity index (χ3v) is 7.94. The fourth-order valence-electron chi connectivity index (χ4n) is 5.78. The van der Waals surface area contributed by atoms with Crippen molar-refractivity contribution in [1.82, 2.24) is 0 Å². The van der Waals surface area contributed by atoms with Gasteiger partial charge in [-0.1, -0.05) is 67.6 Å². The Morgan fingerprint density at radius 2 is 1.72 bits per heavy atom. The number of rotatable bonds is 16. The van der Waals surface area contributed by atoms with Gasteiger partial charge in [0.1, 0.15) is 5.75 Å². The molecule has 3 aromatic rings. The number of benzene rings is 3. The molecule has 1 unspecified atom stereocenters. The van der Waals surface area contributed by atoms with Crippen LogP contribution in [-0.2, 0) is 22.3 Å². The van der Waals surface area contributed by atoms with Crippen LogP contribution < -0.4 is 4.74 Å². The third-order valence-electron chi connectivity index (χ3n) is 7.94. The highest BCUT2D eigenvalue weighted by atomic mass is 16.5. The molecule has 0 N–H and O–H groups in total. The van der Waals surface area contributed by atoms with Crippen LogP contribution in [0.2, 0.25) is 0 Å². The Morgan fingerprint density at radius 3 is 2.51 bits per heavy atom. The Labute approximate surface area is 235 Å². The van der Waals surface area contributed by atoms with Crippen molar-refractivity contribution in [3.63, 3.8) is 0 Å². The molecule has 1 atom stereocenters. The molecular weight excluding hydrogens is 480 g/mol. The zero-order chi connectivity index (χ0) is 27.3. The van der Waals surface area contributed by atoms with Gasteiger partial charge in [0.2, 0.25) is 0 Å². The molecule has 0 spiro atoms. The van der Waals surface area contributed by atoms with Crippen molar-refractivity contribution in [2.75, 3.05) is 27.4 Å². The summed E-state index contributed by atoms with van der Waals surface area (Å²) in [6.45, 7) is 3.82. The zero-order valence-electron chi connectivity index (χ0n) is 24.2. The van der Waals surface area contributed by atoms with E-state index in [0.717, 1.165) is 70.3 Å². The summed E-state index contributed by atoms with van der Waals surface area (Å²) in [7, 11) is 3.58. The first-order chi connectivity index (χ1) is 19.2. The third kappa shape index (κ3) is 8.47. The maximum atomic E-state index is 6.10. The molecule has 3 nitrogen and oxygen atoms in total. The predicted octanol–water partition coefficient (Wildman–Crippen LogP) is 9.34. The molecule has 0 heterocycles. The average Bonchev–Trinajstić information content (AvgIpc) is 2.98. The van der Waals surface area contributed by atoms with Crippen LogP contribution in [0.3, 0.4) is 0 Å². The smallest absolute Gasteiger partial charge is 0.119 e. The first kappa shape index (κ1) is 29.0. The Morgan fingerprint density at radius 1 is 0.872 bits per heavy atom. The summed E-state index contributed by atoms with van der Waals surface area (Å²) in [5.74, 6) is 2.59. The normalized spacial score (nSPS) is 14.1. The lowest BCUT2D eigenvalue weighted by molar-refractivity contribution is 0.190. The number of unbranched alkanes of at least 4 members (excludes halogenated alkanes) is 2. The highest BCUT2D eigenvalue weighted by Crippen LogP contribution is 2.30. The summed E-state index contributed by atoms with van der Waals surface area (Å²) in [4.78, 5) is 0. The second-order valence-corrected chi connectivity index (χ2v) is 10.7. The van der Waals surface area contributed by atoms with Crippen molar-refractivity contribution < 1.29 is 14.2 Å². The first-order valence-corrected chi connectivity index (χ1v) is 14.9. The summed E-state index contributed by atoms with van der Waals surface area (Å²) in [6, 6.07) is 22.4. The summed E-state index contributed by atoms with van der Waals surface area (Å²) < 4.78 is 17.0. The number of hydrogen-bond acceptors (Lipinski definition) is 3. The number of ether oxygens (including phenoxy) is 3. The molecule has 39 heavy (non-hydrogen) atoms. The Balaban J connectivity index is 1.32. The Hall–Kier alpha value is -3.04. The van der Waals surface area contributed by atoms with Gasteiger partial charge in [0.15, 0.2) is 0 Å². The number of fused-ring (bicyclic) bond motifs is 1. The maximum Gasteiger partial charge on any atom is 0.119 e. The number of allylic oxidation sites excluding steroid dienone is 4. The molecule has 0 aromatic heterocycles. The van der Waals surface area contributed by atoms with Crippen molar-refractivity contribution in [2.45, 2.75) is 77.0 Å². The van der Waals surface area contributed by atoms with E-state index in [1.807, 2.05) is 0 Å². The molecule has 0 saturated carbocycles. The van der Waals surface area contributed by atoms with Gasteiger partial charge in [-0.3, -0.25) is 0 Å². The highest BCUT2D eigenvalue weighted by Gasteiger charge is 2.15. The zero-order valence-corrected chi connectivity index (χ0v) is 24.2. The van der Waals surface area contributed by atoms with Gasteiger partial charge < -0.3 is 14.2 Å². The van der Waals surface area contributed by atoms with Crippen LogP contribution in [0.25, 0.3) is 10.8 Å². The number of methoxy groups -OCH3 is 2. The largest absolute Gasteiger partial charge is 0.501 e. The van der Waals surface area contributed by atoms with Gasteiger partial charge in [-0.05, 0) is 109 Å². The molecule has 0 radical (unpaired) electrons. The van der Waals surface area contributed by atoms with Crippen LogP contribution >= 0.6 is 0 Å². The van der Waals surface area contributed by atoms with Gasteiger partial charge in [-0.25, -0.2) is 0 Å². The van der Waals surface area contributed by atoms with Crippen molar-refractivity contribution in [2.24, 2.45) is 0 Å². The first-order valence-electron chi connectivity index (χ1n) is 14.9. The quantitative estimate of drug-likeness (QED) is 0.174. The molecule has 0 amide bonds. The summed E-state index contributed by atoms with van der Waals surface area (Å²) in [5.41, 5.74) is 5.61. The van der Waals surface area contributed by atoms with E-state index < -0.39 is 0 Å². The van der Waals surface area contributed by atoms with Gasteiger partial charge in [-0.2, -0.15) is 0 Å². The second-order valence-electron chi connectivity index (χ2n) is 10.7. The lowest BCUT2D eigenvalue weighted by atomic mass is 9.86. The van der Waals surface area contributed by atoms with E-state index >= 15 is 0 Å². The Kier molecular flexibility index (Phi) is 11.5. The minimum Gasteiger partial charge on any atom is -0.501 e. The lowest BCUT2D eigenvalue weighted by Crippen LogP contribution is -2.06. The standard InChI is InChI=1S/C36H46O3/c1-4-29-25-28(27-33-15-7-9-17-35(29)33)26-32(16-12-23-37-2)30-19-21-34(22-20-30)39-24-11-5-6-13-31-14-8-10-18-36(31)38-3/h7-9,14-15,17,19-22,25,27,32H,4-6,10-13,16,18,23-24,26H2,1-3H3. The molecular formula is C36H46O3. The maximum absolute atomic E-state index is 6.10. The van der Waals surface area contributed by atoms with Crippen LogP contribution in [0.1, 0.15) is 80.9 Å². The van der Waals surface area contributed by atoms with Crippen LogP contribution in [-0.4, -0.2) is 27.4 Å². The number of aryl methyl sites for hydroxylation is 1. The van der Waals surface area contributed by atoms with E-state index in [0.29, 0.717) is 5.92 Å². The average molecular weight is 527 g/mol. The second kappa shape index (κ2) is 15.5. The fraction of sp³-hybridized carbons (Fsp3) is 0.444. The summed E-state index contributed by atoms with van der Waals surface area (Å²) in [6.07, 6.45) is 15.4. The molecule has 3 aromatic carbocycles. The van der Waals surface area contributed by atoms with Crippen molar-refractivity contribution >= 4 is 10.8 Å². The minimum atomic E-state index is 0.459. The van der Waals surface area contributed by atoms with Gasteiger partial charge in [-0.15, -0.1) is 0 Å². The Bertz CT molecular complexity index is 1220. The van der Waals surface area contributed by atoms with Crippen LogP contribution in [0, 0.1) is 0 Å². The van der Waals surface area contributed by atoms with Crippen molar-refractivity contribution in [3.8, 4) is 5.75 Å². The fourth-order valence-corrected chi connectivity index (χ4v) is 5.78. The van der Waals surface area contributed by atoms with E-state index in [9.17, 15) is 0 Å². The minimum absolute atomic E-state index is 0.459. The van der Waals surface area contributed by atoms with E-state index in [1.165, 1.54) is 51.6 Å². The van der Waals surface area contributed by atoms with Crippen molar-refractivity contribution in [1.29, 1.82) is 0 Å². The molecule has 0 aliphatic heterocycles. The van der Waals surface area contributed by atoms with Crippen LogP contribution in [0.4, 0.5) is 0 Å². The topological polar surface area (TPSA) is 27.7 Å². The predicted molar refractivity (Wildman–Crippen MR) is 164 cm³/mol. The molecule has 4 rings (SSSR count). The molecule has 208 valence electrons. The highest BCUT2D eigenvalue weighted by molar-refractivity contribution is 5.86. The monoisotopic (exact) mass is 526 g/mol. The lowest BCUT2D eigenvalue weighted by Gasteiger charge is -2.19. The summed E-state index contributed by atoms with van der Waals surface area (Å²) >= 11 is 0. The molecule has 0 bridgehead atoms. The molecule has 0 fully saturated rings. The van der Waals surface area contributed by atoms with Gasteiger partial charge in [0, 0.05) is 20.1 Å². The van der Waals surface area contributed by atoms with E-state index in [1.54, 1.807) is 14.2 Å². The SMILES string of the molecule is CCc1cc(CC(CCCOC)c2ccc(OCCCCCC3=C(OC)CCC=C3)cc2)cc2ccccc12. The van der Waals surface area contributed by atoms with E-state index in [-0.39, 0.29) is 0 Å². The van der Waals surface area contributed by atoms with Crippen LogP contribution in [0.5, 0.6) is 5.75 Å². The summed E-state index contributed by atoms with van der Waals surface area (Å²) in [5, 5.41) is 2.72.